The monoisotopic (exact) mass is 336 g/mol. The average molecular weight is 336 g/mol. The third-order valence-corrected chi connectivity index (χ3v) is 5.72. The van der Waals surface area contributed by atoms with Crippen LogP contribution in [-0.2, 0) is 13.0 Å². The highest BCUT2D eigenvalue weighted by Crippen LogP contribution is 2.30. The zero-order valence-electron chi connectivity index (χ0n) is 14.5. The molecule has 2 saturated heterocycles. The molecule has 5 heterocycles. The number of nitrogens with zero attached hydrogens (tertiary/aromatic N) is 5. The third-order valence-electron chi connectivity index (χ3n) is 5.72. The smallest absolute Gasteiger partial charge is 0.163 e. The molecule has 6 heteroatoms. The van der Waals surface area contributed by atoms with Crippen molar-refractivity contribution in [3.63, 3.8) is 0 Å². The number of hydrogen-bond donors (Lipinski definition) is 1. The Kier molecular flexibility index (Phi) is 3.87. The van der Waals surface area contributed by atoms with Crippen LogP contribution in [0.2, 0.25) is 0 Å². The van der Waals surface area contributed by atoms with Crippen molar-refractivity contribution in [1.82, 2.24) is 25.2 Å². The van der Waals surface area contributed by atoms with Crippen molar-refractivity contribution in [1.29, 1.82) is 0 Å². The molecule has 1 unspecified atom stereocenters. The van der Waals surface area contributed by atoms with Gasteiger partial charge in [-0.2, -0.15) is 0 Å². The highest BCUT2D eigenvalue weighted by Gasteiger charge is 2.33. The third kappa shape index (κ3) is 2.79. The van der Waals surface area contributed by atoms with E-state index in [0.29, 0.717) is 6.04 Å². The summed E-state index contributed by atoms with van der Waals surface area (Å²) in [6, 6.07) is 4.69. The Bertz CT molecular complexity index is 762. The van der Waals surface area contributed by atoms with E-state index < -0.39 is 0 Å². The molecule has 5 rings (SSSR count). The molecule has 130 valence electrons. The van der Waals surface area contributed by atoms with Crippen LogP contribution in [0.25, 0.3) is 11.4 Å². The Labute approximate surface area is 148 Å². The van der Waals surface area contributed by atoms with Crippen LogP contribution in [0.5, 0.6) is 0 Å². The molecule has 2 fully saturated rings. The van der Waals surface area contributed by atoms with Gasteiger partial charge in [-0.3, -0.25) is 9.88 Å². The number of anilines is 1. The molecular weight excluding hydrogens is 312 g/mol. The lowest BCUT2D eigenvalue weighted by atomic mass is 10.0. The summed E-state index contributed by atoms with van der Waals surface area (Å²) in [6.07, 6.45) is 7.33. The van der Waals surface area contributed by atoms with Crippen molar-refractivity contribution in [3.8, 4) is 11.4 Å². The van der Waals surface area contributed by atoms with Gasteiger partial charge in [0.2, 0.25) is 0 Å². The minimum atomic E-state index is 0.697. The minimum Gasteiger partial charge on any atom is -0.353 e. The van der Waals surface area contributed by atoms with Crippen LogP contribution in [0.15, 0.2) is 24.5 Å². The Hall–Kier alpha value is -2.05. The van der Waals surface area contributed by atoms with Gasteiger partial charge in [-0.25, -0.2) is 9.97 Å². The lowest BCUT2D eigenvalue weighted by molar-refractivity contribution is 0.230. The summed E-state index contributed by atoms with van der Waals surface area (Å²) in [7, 11) is 0. The van der Waals surface area contributed by atoms with Crippen LogP contribution in [0.3, 0.4) is 0 Å². The number of piperazine rings is 1. The van der Waals surface area contributed by atoms with Gasteiger partial charge in [0.05, 0.1) is 5.69 Å². The van der Waals surface area contributed by atoms with Crippen molar-refractivity contribution in [3.05, 3.63) is 35.8 Å². The maximum absolute atomic E-state index is 5.02. The first-order valence-electron chi connectivity index (χ1n) is 9.38. The first kappa shape index (κ1) is 15.2. The van der Waals surface area contributed by atoms with Gasteiger partial charge in [0, 0.05) is 55.7 Å². The number of pyridine rings is 1. The molecule has 3 aliphatic rings. The Morgan fingerprint density at radius 2 is 2.16 bits per heavy atom. The molecule has 0 bridgehead atoms. The lowest BCUT2D eigenvalue weighted by Gasteiger charge is -2.39. The first-order chi connectivity index (χ1) is 12.4. The summed E-state index contributed by atoms with van der Waals surface area (Å²) < 4.78 is 0. The summed E-state index contributed by atoms with van der Waals surface area (Å²) >= 11 is 0. The Balaban J connectivity index is 1.55. The lowest BCUT2D eigenvalue weighted by Crippen LogP contribution is -2.51. The zero-order chi connectivity index (χ0) is 16.6. The van der Waals surface area contributed by atoms with E-state index in [9.17, 15) is 0 Å². The molecular formula is C19H24N6. The predicted octanol–water partition coefficient (Wildman–Crippen LogP) is 1.47. The first-order valence-corrected chi connectivity index (χ1v) is 9.38. The van der Waals surface area contributed by atoms with Gasteiger partial charge in [-0.1, -0.05) is 0 Å². The van der Waals surface area contributed by atoms with Gasteiger partial charge in [0.1, 0.15) is 5.82 Å². The van der Waals surface area contributed by atoms with Crippen molar-refractivity contribution < 1.29 is 0 Å². The zero-order valence-corrected chi connectivity index (χ0v) is 14.5. The van der Waals surface area contributed by atoms with Crippen LogP contribution in [0, 0.1) is 0 Å². The quantitative estimate of drug-likeness (QED) is 0.896. The number of aromatic nitrogens is 3. The standard InChI is InChI=1S/C19H24N6/c1-3-14(11-20-6-1)18-22-17-12-21-7-5-16(17)19(23-18)25-10-9-24-8-2-4-15(24)13-25/h1,3,6,11,15,21H,2,4-5,7-10,12-13H2. The summed E-state index contributed by atoms with van der Waals surface area (Å²) in [5.74, 6) is 1.97. The highest BCUT2D eigenvalue weighted by molar-refractivity contribution is 5.60. The summed E-state index contributed by atoms with van der Waals surface area (Å²) in [5, 5.41) is 3.45. The van der Waals surface area contributed by atoms with Gasteiger partial charge in [-0.05, 0) is 44.5 Å². The van der Waals surface area contributed by atoms with E-state index in [4.69, 9.17) is 9.97 Å². The van der Waals surface area contributed by atoms with E-state index in [1.54, 1.807) is 6.20 Å². The van der Waals surface area contributed by atoms with Crippen LogP contribution >= 0.6 is 0 Å². The largest absolute Gasteiger partial charge is 0.353 e. The van der Waals surface area contributed by atoms with Crippen molar-refractivity contribution in [2.75, 3.05) is 37.6 Å². The normalized spacial score (nSPS) is 23.4. The topological polar surface area (TPSA) is 57.2 Å². The highest BCUT2D eigenvalue weighted by atomic mass is 15.3. The van der Waals surface area contributed by atoms with Crippen LogP contribution in [0.4, 0.5) is 5.82 Å². The summed E-state index contributed by atoms with van der Waals surface area (Å²) in [5.41, 5.74) is 3.50. The fraction of sp³-hybridized carbons (Fsp3) is 0.526. The molecule has 0 aromatic carbocycles. The number of rotatable bonds is 2. The number of hydrogen-bond acceptors (Lipinski definition) is 6. The molecule has 0 spiro atoms. The fourth-order valence-corrected chi connectivity index (χ4v) is 4.41. The maximum atomic E-state index is 5.02. The van der Waals surface area contributed by atoms with Crippen molar-refractivity contribution in [2.45, 2.75) is 31.8 Å². The molecule has 25 heavy (non-hydrogen) atoms. The second-order valence-corrected chi connectivity index (χ2v) is 7.24. The van der Waals surface area contributed by atoms with Gasteiger partial charge in [0.25, 0.3) is 0 Å². The van der Waals surface area contributed by atoms with Crippen molar-refractivity contribution in [2.24, 2.45) is 0 Å². The fourth-order valence-electron chi connectivity index (χ4n) is 4.41. The van der Waals surface area contributed by atoms with E-state index in [1.165, 1.54) is 24.9 Å². The maximum Gasteiger partial charge on any atom is 0.163 e. The van der Waals surface area contributed by atoms with E-state index in [-0.39, 0.29) is 0 Å². The molecule has 3 aliphatic heterocycles. The second-order valence-electron chi connectivity index (χ2n) is 7.24. The van der Waals surface area contributed by atoms with E-state index >= 15 is 0 Å². The van der Waals surface area contributed by atoms with Crippen LogP contribution < -0.4 is 10.2 Å². The van der Waals surface area contributed by atoms with Gasteiger partial charge >= 0.3 is 0 Å². The molecule has 0 saturated carbocycles. The molecule has 0 amide bonds. The van der Waals surface area contributed by atoms with Crippen molar-refractivity contribution >= 4 is 5.82 Å². The molecule has 1 N–H and O–H groups in total. The second kappa shape index (κ2) is 6.35. The molecule has 0 radical (unpaired) electrons. The van der Waals surface area contributed by atoms with Crippen LogP contribution in [-0.4, -0.2) is 58.6 Å². The molecule has 0 aliphatic carbocycles. The minimum absolute atomic E-state index is 0.697. The van der Waals surface area contributed by atoms with E-state index in [2.05, 4.69) is 20.1 Å². The van der Waals surface area contributed by atoms with E-state index in [0.717, 1.165) is 62.0 Å². The number of fused-ring (bicyclic) bond motifs is 2. The van der Waals surface area contributed by atoms with Gasteiger partial charge < -0.3 is 10.2 Å². The number of nitrogens with one attached hydrogen (secondary N) is 1. The van der Waals surface area contributed by atoms with Gasteiger partial charge in [-0.15, -0.1) is 0 Å². The van der Waals surface area contributed by atoms with Crippen LogP contribution in [0.1, 0.15) is 24.1 Å². The summed E-state index contributed by atoms with van der Waals surface area (Å²) in [4.78, 5) is 19.3. The summed E-state index contributed by atoms with van der Waals surface area (Å²) in [6.45, 7) is 6.44. The van der Waals surface area contributed by atoms with E-state index in [1.807, 2.05) is 18.3 Å². The molecule has 2 aromatic rings. The molecule has 6 nitrogen and oxygen atoms in total. The average Bonchev–Trinajstić information content (AvgIpc) is 3.15. The molecule has 2 aromatic heterocycles. The molecule has 1 atom stereocenters. The Morgan fingerprint density at radius 1 is 1.16 bits per heavy atom. The predicted molar refractivity (Wildman–Crippen MR) is 97.5 cm³/mol. The van der Waals surface area contributed by atoms with Gasteiger partial charge in [0.15, 0.2) is 5.82 Å². The SMILES string of the molecule is c1cncc(-c2nc3c(c(N4CCN5CCCC5C4)n2)CCNC3)c1. The Morgan fingerprint density at radius 3 is 3.08 bits per heavy atom.